The number of hydrogen-bond acceptors (Lipinski definition) is 4. The summed E-state index contributed by atoms with van der Waals surface area (Å²) in [5, 5.41) is 9.20. The summed E-state index contributed by atoms with van der Waals surface area (Å²) >= 11 is 3.59. The molecule has 2 nitrogen and oxygen atoms in total. The lowest BCUT2D eigenvalue weighted by molar-refractivity contribution is 1.29. The van der Waals surface area contributed by atoms with Gasteiger partial charge in [-0.15, -0.1) is 22.7 Å². The quantitative estimate of drug-likeness (QED) is 0.144. The van der Waals surface area contributed by atoms with Gasteiger partial charge in [0.1, 0.15) is 0 Å². The second-order valence-electron chi connectivity index (χ2n) is 14.2. The number of hydrogen-bond donors (Lipinski definition) is 0. The monoisotopic (exact) mass is 766 g/mol. The second kappa shape index (κ2) is 15.1. The third-order valence-corrected chi connectivity index (χ3v) is 12.5. The summed E-state index contributed by atoms with van der Waals surface area (Å²) in [5.74, 6) is 0. The summed E-state index contributed by atoms with van der Waals surface area (Å²) < 4.78 is 0. The first-order chi connectivity index (χ1) is 28.2. The Bertz CT molecular complexity index is 2900. The van der Waals surface area contributed by atoms with Crippen molar-refractivity contribution in [2.24, 2.45) is 0 Å². The van der Waals surface area contributed by atoms with E-state index in [1.807, 2.05) is 0 Å². The molecule has 2 heterocycles. The molecule has 2 aromatic heterocycles. The van der Waals surface area contributed by atoms with Gasteiger partial charge in [0.2, 0.25) is 0 Å². The predicted octanol–water partition coefficient (Wildman–Crippen LogP) is 16.4. The number of nitrogens with zero attached hydrogens (tertiary/aromatic N) is 2. The molecular weight excluding hydrogens is 729 g/mol. The van der Waals surface area contributed by atoms with Crippen LogP contribution in [0.1, 0.15) is 5.56 Å². The van der Waals surface area contributed by atoms with Crippen molar-refractivity contribution in [1.29, 1.82) is 0 Å². The zero-order valence-corrected chi connectivity index (χ0v) is 33.1. The van der Waals surface area contributed by atoms with Gasteiger partial charge < -0.3 is 9.80 Å². The largest absolute Gasteiger partial charge is 0.310 e. The fourth-order valence-corrected chi connectivity index (χ4v) is 9.65. The van der Waals surface area contributed by atoms with Gasteiger partial charge in [0.15, 0.2) is 0 Å². The van der Waals surface area contributed by atoms with Crippen molar-refractivity contribution >= 4 is 78.3 Å². The maximum atomic E-state index is 2.44. The number of anilines is 6. The van der Waals surface area contributed by atoms with Crippen LogP contribution in [0.4, 0.5) is 34.1 Å². The summed E-state index contributed by atoms with van der Waals surface area (Å²) in [6, 6.07) is 72.9. The number of thiophene rings is 2. The smallest absolute Gasteiger partial charge is 0.0546 e. The number of benzene rings is 8. The lowest BCUT2D eigenvalue weighted by Crippen LogP contribution is -2.12. The SMILES string of the molecule is Cc1ccc(N(c2ccccc2)c2cc(-c3cccs3)c(-c3c(-c4cccs4)cc(N(c4ccccc4)c4ccccc4)c4ccccc34)c3ccccc23)cc1. The van der Waals surface area contributed by atoms with Crippen LogP contribution < -0.4 is 9.80 Å². The van der Waals surface area contributed by atoms with Crippen molar-refractivity contribution in [2.75, 3.05) is 9.80 Å². The van der Waals surface area contributed by atoms with E-state index in [1.165, 1.54) is 59.1 Å². The minimum Gasteiger partial charge on any atom is -0.310 e. The Hall–Kier alpha value is -6.72. The Kier molecular flexibility index (Phi) is 9.19. The minimum absolute atomic E-state index is 1.12. The molecule has 10 rings (SSSR count). The Labute approximate surface area is 341 Å². The number of aryl methyl sites for hydroxylation is 1. The van der Waals surface area contributed by atoms with Crippen LogP contribution in [0.3, 0.4) is 0 Å². The van der Waals surface area contributed by atoms with Crippen LogP contribution in [-0.2, 0) is 0 Å². The molecule has 0 bridgehead atoms. The minimum atomic E-state index is 1.12. The molecule has 0 aliphatic rings. The van der Waals surface area contributed by atoms with Crippen molar-refractivity contribution in [3.63, 3.8) is 0 Å². The third-order valence-electron chi connectivity index (χ3n) is 10.7. The average molecular weight is 767 g/mol. The lowest BCUT2D eigenvalue weighted by Gasteiger charge is -2.30. The fraction of sp³-hybridized carbons (Fsp3) is 0.0189. The Morgan fingerprint density at radius 3 is 1.05 bits per heavy atom. The maximum Gasteiger partial charge on any atom is 0.0546 e. The van der Waals surface area contributed by atoms with E-state index in [1.54, 1.807) is 22.7 Å². The van der Waals surface area contributed by atoms with E-state index in [0.29, 0.717) is 0 Å². The highest BCUT2D eigenvalue weighted by atomic mass is 32.1. The molecule has 0 atom stereocenters. The van der Waals surface area contributed by atoms with Gasteiger partial charge >= 0.3 is 0 Å². The molecule has 0 saturated heterocycles. The van der Waals surface area contributed by atoms with Crippen LogP contribution >= 0.6 is 22.7 Å². The van der Waals surface area contributed by atoms with E-state index in [0.717, 1.165) is 34.1 Å². The summed E-state index contributed by atoms with van der Waals surface area (Å²) in [6.45, 7) is 2.15. The zero-order chi connectivity index (χ0) is 38.1. The van der Waals surface area contributed by atoms with Crippen molar-refractivity contribution < 1.29 is 0 Å². The summed E-state index contributed by atoms with van der Waals surface area (Å²) in [4.78, 5) is 7.29. The molecule has 8 aromatic carbocycles. The second-order valence-corrected chi connectivity index (χ2v) is 16.1. The van der Waals surface area contributed by atoms with Crippen LogP contribution in [0, 0.1) is 6.92 Å². The van der Waals surface area contributed by atoms with Gasteiger partial charge in [-0.2, -0.15) is 0 Å². The summed E-state index contributed by atoms with van der Waals surface area (Å²) in [5.41, 5.74) is 12.9. The molecular formula is C53H38N2S2. The molecule has 0 aliphatic heterocycles. The van der Waals surface area contributed by atoms with E-state index < -0.39 is 0 Å². The van der Waals surface area contributed by atoms with Gasteiger partial charge in [0, 0.05) is 54.4 Å². The molecule has 0 spiro atoms. The van der Waals surface area contributed by atoms with E-state index in [2.05, 4.69) is 228 Å². The normalized spacial score (nSPS) is 11.2. The number of para-hydroxylation sites is 3. The van der Waals surface area contributed by atoms with E-state index in [-0.39, 0.29) is 0 Å². The highest BCUT2D eigenvalue weighted by Gasteiger charge is 2.27. The van der Waals surface area contributed by atoms with Gasteiger partial charge in [-0.1, -0.05) is 133 Å². The zero-order valence-electron chi connectivity index (χ0n) is 31.4. The third kappa shape index (κ3) is 6.39. The first kappa shape index (κ1) is 34.7. The van der Waals surface area contributed by atoms with E-state index in [4.69, 9.17) is 0 Å². The first-order valence-electron chi connectivity index (χ1n) is 19.2. The van der Waals surface area contributed by atoms with Gasteiger partial charge in [0.05, 0.1) is 11.4 Å². The molecule has 0 N–H and O–H groups in total. The summed E-state index contributed by atoms with van der Waals surface area (Å²) in [6.07, 6.45) is 0. The fourth-order valence-electron chi connectivity index (χ4n) is 8.15. The van der Waals surface area contributed by atoms with Crippen molar-refractivity contribution in [3.8, 4) is 32.0 Å². The maximum absolute atomic E-state index is 2.44. The van der Waals surface area contributed by atoms with E-state index in [9.17, 15) is 0 Å². The lowest BCUT2D eigenvalue weighted by atomic mass is 9.84. The Morgan fingerprint density at radius 2 is 0.684 bits per heavy atom. The van der Waals surface area contributed by atoms with Crippen LogP contribution in [0.25, 0.3) is 53.6 Å². The highest BCUT2D eigenvalue weighted by Crippen LogP contribution is 2.53. The van der Waals surface area contributed by atoms with Crippen molar-refractivity contribution in [2.45, 2.75) is 6.92 Å². The van der Waals surface area contributed by atoms with Crippen molar-refractivity contribution in [1.82, 2.24) is 0 Å². The molecule has 0 aliphatic carbocycles. The highest BCUT2D eigenvalue weighted by molar-refractivity contribution is 7.14. The first-order valence-corrected chi connectivity index (χ1v) is 21.0. The predicted molar refractivity (Wildman–Crippen MR) is 248 cm³/mol. The topological polar surface area (TPSA) is 6.48 Å². The molecule has 272 valence electrons. The molecule has 57 heavy (non-hydrogen) atoms. The average Bonchev–Trinajstić information content (AvgIpc) is 4.02. The van der Waals surface area contributed by atoms with Gasteiger partial charge in [-0.05, 0) is 112 Å². The van der Waals surface area contributed by atoms with Gasteiger partial charge in [-0.25, -0.2) is 0 Å². The Balaban J connectivity index is 1.33. The van der Waals surface area contributed by atoms with Gasteiger partial charge in [0.25, 0.3) is 0 Å². The van der Waals surface area contributed by atoms with Crippen molar-refractivity contribution in [3.05, 3.63) is 217 Å². The molecule has 4 heteroatoms. The molecule has 0 fully saturated rings. The molecule has 10 aromatic rings. The molecule has 0 unspecified atom stereocenters. The van der Waals surface area contributed by atoms with E-state index >= 15 is 0 Å². The number of rotatable bonds is 9. The number of fused-ring (bicyclic) bond motifs is 2. The van der Waals surface area contributed by atoms with Gasteiger partial charge in [-0.3, -0.25) is 0 Å². The van der Waals surface area contributed by atoms with Crippen LogP contribution in [-0.4, -0.2) is 0 Å². The Morgan fingerprint density at radius 1 is 0.333 bits per heavy atom. The van der Waals surface area contributed by atoms with Crippen LogP contribution in [0.15, 0.2) is 211 Å². The molecule has 0 radical (unpaired) electrons. The summed E-state index contributed by atoms with van der Waals surface area (Å²) in [7, 11) is 0. The molecule has 0 saturated carbocycles. The standard InChI is InChI=1S/C53H38N2S2/c1-37-29-31-41(32-30-37)55(40-21-9-4-10-22-40)49-36-47(51-28-16-34-57-51)53(45-26-14-12-24-43(45)49)52-44-25-13-11-23-42(44)48(35-46(52)50-27-15-33-56-50)54(38-17-5-2-6-18-38)39-19-7-3-8-20-39/h2-36H,1H3. The molecule has 0 amide bonds. The van der Waals surface area contributed by atoms with Crippen LogP contribution in [0.2, 0.25) is 0 Å². The van der Waals surface area contributed by atoms with Crippen LogP contribution in [0.5, 0.6) is 0 Å².